The van der Waals surface area contributed by atoms with Crippen LogP contribution in [0.1, 0.15) is 5.56 Å². The lowest BCUT2D eigenvalue weighted by Gasteiger charge is -2.09. The Labute approximate surface area is 92.9 Å². The summed E-state index contributed by atoms with van der Waals surface area (Å²) in [6.45, 7) is 1.94. The molecule has 0 aliphatic carbocycles. The molecule has 2 rings (SSSR count). The number of ether oxygens (including phenoxy) is 1. The Morgan fingerprint density at radius 3 is 2.50 bits per heavy atom. The Hall–Kier alpha value is -1.97. The number of benzene rings is 1. The number of nitrogens with zero attached hydrogens (tertiary/aromatic N) is 2. The SMILES string of the molecule is COc1c(C)cccc1-c1ncc(F)cn1. The number of para-hydroxylation sites is 1. The number of rotatable bonds is 2. The standard InChI is InChI=1S/C12H11FN2O/c1-8-4-3-5-10(11(8)16-2)12-14-6-9(13)7-15-12/h3-7H,1-2H3. The van der Waals surface area contributed by atoms with E-state index in [1.54, 1.807) is 7.11 Å². The summed E-state index contributed by atoms with van der Waals surface area (Å²) >= 11 is 0. The quantitative estimate of drug-likeness (QED) is 0.777. The molecule has 0 saturated carbocycles. The van der Waals surface area contributed by atoms with Crippen LogP contribution in [-0.2, 0) is 0 Å². The largest absolute Gasteiger partial charge is 0.496 e. The predicted molar refractivity (Wildman–Crippen MR) is 58.7 cm³/mol. The van der Waals surface area contributed by atoms with Crippen molar-refractivity contribution in [3.63, 3.8) is 0 Å². The second kappa shape index (κ2) is 4.26. The van der Waals surface area contributed by atoms with Gasteiger partial charge >= 0.3 is 0 Å². The van der Waals surface area contributed by atoms with E-state index in [0.29, 0.717) is 11.6 Å². The molecule has 4 heteroatoms. The van der Waals surface area contributed by atoms with Crippen molar-refractivity contribution in [1.29, 1.82) is 0 Å². The molecular formula is C12H11FN2O. The first kappa shape index (κ1) is 10.5. The topological polar surface area (TPSA) is 35.0 Å². The van der Waals surface area contributed by atoms with Crippen molar-refractivity contribution in [2.24, 2.45) is 0 Å². The zero-order valence-electron chi connectivity index (χ0n) is 9.07. The van der Waals surface area contributed by atoms with Gasteiger partial charge in [-0.25, -0.2) is 14.4 Å². The van der Waals surface area contributed by atoms with Gasteiger partial charge in [-0.05, 0) is 18.6 Å². The van der Waals surface area contributed by atoms with Crippen LogP contribution in [0.5, 0.6) is 5.75 Å². The molecule has 0 aliphatic heterocycles. The molecule has 82 valence electrons. The van der Waals surface area contributed by atoms with E-state index in [-0.39, 0.29) is 0 Å². The Kier molecular flexibility index (Phi) is 2.81. The first-order chi connectivity index (χ1) is 7.72. The fraction of sp³-hybridized carbons (Fsp3) is 0.167. The summed E-state index contributed by atoms with van der Waals surface area (Å²) in [5, 5.41) is 0. The van der Waals surface area contributed by atoms with E-state index in [2.05, 4.69) is 9.97 Å². The fourth-order valence-electron chi connectivity index (χ4n) is 1.55. The van der Waals surface area contributed by atoms with Crippen LogP contribution in [0.3, 0.4) is 0 Å². The van der Waals surface area contributed by atoms with Crippen molar-refractivity contribution in [3.05, 3.63) is 42.0 Å². The Morgan fingerprint density at radius 1 is 1.19 bits per heavy atom. The van der Waals surface area contributed by atoms with Gasteiger partial charge in [0.15, 0.2) is 11.6 Å². The van der Waals surface area contributed by atoms with Crippen LogP contribution in [0.4, 0.5) is 4.39 Å². The van der Waals surface area contributed by atoms with Gasteiger partial charge in [0.05, 0.1) is 25.1 Å². The summed E-state index contributed by atoms with van der Waals surface area (Å²) in [7, 11) is 1.59. The monoisotopic (exact) mass is 218 g/mol. The number of halogens is 1. The van der Waals surface area contributed by atoms with Gasteiger partial charge in [-0.15, -0.1) is 0 Å². The second-order valence-electron chi connectivity index (χ2n) is 3.38. The van der Waals surface area contributed by atoms with E-state index in [1.165, 1.54) is 0 Å². The van der Waals surface area contributed by atoms with Crippen molar-refractivity contribution in [2.45, 2.75) is 6.92 Å². The van der Waals surface area contributed by atoms with Gasteiger partial charge in [0.25, 0.3) is 0 Å². The summed E-state index contributed by atoms with van der Waals surface area (Å²) in [5.41, 5.74) is 1.76. The molecule has 2 aromatic rings. The van der Waals surface area contributed by atoms with Gasteiger partial charge in [0, 0.05) is 0 Å². The number of hydrogen-bond donors (Lipinski definition) is 0. The smallest absolute Gasteiger partial charge is 0.163 e. The van der Waals surface area contributed by atoms with E-state index in [9.17, 15) is 4.39 Å². The number of aromatic nitrogens is 2. The highest BCUT2D eigenvalue weighted by Crippen LogP contribution is 2.29. The second-order valence-corrected chi connectivity index (χ2v) is 3.38. The number of aryl methyl sites for hydroxylation is 1. The molecule has 16 heavy (non-hydrogen) atoms. The molecule has 0 bridgehead atoms. The Morgan fingerprint density at radius 2 is 1.88 bits per heavy atom. The third kappa shape index (κ3) is 1.86. The van der Waals surface area contributed by atoms with Crippen LogP contribution < -0.4 is 4.74 Å². The summed E-state index contributed by atoms with van der Waals surface area (Å²) in [6, 6.07) is 5.67. The van der Waals surface area contributed by atoms with Crippen molar-refractivity contribution in [3.8, 4) is 17.1 Å². The summed E-state index contributed by atoms with van der Waals surface area (Å²) in [6.07, 6.45) is 2.29. The molecule has 0 spiro atoms. The molecule has 0 aliphatic rings. The summed E-state index contributed by atoms with van der Waals surface area (Å²) in [5.74, 6) is 0.728. The molecule has 1 aromatic heterocycles. The first-order valence-corrected chi connectivity index (χ1v) is 4.84. The van der Waals surface area contributed by atoms with Crippen LogP contribution in [0.15, 0.2) is 30.6 Å². The average Bonchev–Trinajstić information content (AvgIpc) is 2.30. The van der Waals surface area contributed by atoms with E-state index in [0.717, 1.165) is 23.5 Å². The molecule has 3 nitrogen and oxygen atoms in total. The average molecular weight is 218 g/mol. The molecule has 1 aromatic carbocycles. The van der Waals surface area contributed by atoms with E-state index in [1.807, 2.05) is 25.1 Å². The summed E-state index contributed by atoms with van der Waals surface area (Å²) < 4.78 is 18.0. The van der Waals surface area contributed by atoms with Crippen LogP contribution in [0, 0.1) is 12.7 Å². The first-order valence-electron chi connectivity index (χ1n) is 4.84. The maximum atomic E-state index is 12.7. The third-order valence-corrected chi connectivity index (χ3v) is 2.28. The molecule has 0 atom stereocenters. The van der Waals surface area contributed by atoms with E-state index >= 15 is 0 Å². The normalized spacial score (nSPS) is 10.2. The van der Waals surface area contributed by atoms with Crippen LogP contribution in [0.25, 0.3) is 11.4 Å². The van der Waals surface area contributed by atoms with Crippen LogP contribution in [-0.4, -0.2) is 17.1 Å². The van der Waals surface area contributed by atoms with Gasteiger partial charge < -0.3 is 4.74 Å². The molecule has 0 fully saturated rings. The molecule has 0 saturated heterocycles. The highest BCUT2D eigenvalue weighted by Gasteiger charge is 2.10. The molecule has 0 unspecified atom stereocenters. The minimum absolute atomic E-state index is 0.449. The molecular weight excluding hydrogens is 207 g/mol. The van der Waals surface area contributed by atoms with Gasteiger partial charge in [0.1, 0.15) is 5.75 Å². The van der Waals surface area contributed by atoms with Gasteiger partial charge in [-0.2, -0.15) is 0 Å². The van der Waals surface area contributed by atoms with Gasteiger partial charge in [0.2, 0.25) is 0 Å². The number of hydrogen-bond acceptors (Lipinski definition) is 3. The maximum absolute atomic E-state index is 12.7. The fourth-order valence-corrected chi connectivity index (χ4v) is 1.55. The minimum Gasteiger partial charge on any atom is -0.496 e. The lowest BCUT2D eigenvalue weighted by Crippen LogP contribution is -1.95. The lowest BCUT2D eigenvalue weighted by molar-refractivity contribution is 0.413. The van der Waals surface area contributed by atoms with Crippen molar-refractivity contribution < 1.29 is 9.13 Å². The lowest BCUT2D eigenvalue weighted by atomic mass is 10.1. The highest BCUT2D eigenvalue weighted by molar-refractivity contribution is 5.66. The van der Waals surface area contributed by atoms with Crippen molar-refractivity contribution in [1.82, 2.24) is 9.97 Å². The molecule has 0 N–H and O–H groups in total. The summed E-state index contributed by atoms with van der Waals surface area (Å²) in [4.78, 5) is 7.86. The van der Waals surface area contributed by atoms with E-state index < -0.39 is 5.82 Å². The predicted octanol–water partition coefficient (Wildman–Crippen LogP) is 2.60. The third-order valence-electron chi connectivity index (χ3n) is 2.28. The van der Waals surface area contributed by atoms with Gasteiger partial charge in [-0.3, -0.25) is 0 Å². The zero-order chi connectivity index (χ0) is 11.5. The molecule has 1 heterocycles. The van der Waals surface area contributed by atoms with Crippen LogP contribution in [0.2, 0.25) is 0 Å². The highest BCUT2D eigenvalue weighted by atomic mass is 19.1. The maximum Gasteiger partial charge on any atom is 0.163 e. The molecule has 0 radical (unpaired) electrons. The van der Waals surface area contributed by atoms with Gasteiger partial charge in [-0.1, -0.05) is 12.1 Å². The Bertz CT molecular complexity index is 497. The number of methoxy groups -OCH3 is 1. The van der Waals surface area contributed by atoms with Crippen molar-refractivity contribution in [2.75, 3.05) is 7.11 Å². The van der Waals surface area contributed by atoms with Crippen LogP contribution >= 0.6 is 0 Å². The van der Waals surface area contributed by atoms with E-state index in [4.69, 9.17) is 4.74 Å². The molecule has 0 amide bonds. The minimum atomic E-state index is -0.449. The Balaban J connectivity index is 2.55. The zero-order valence-corrected chi connectivity index (χ0v) is 9.07. The van der Waals surface area contributed by atoms with Crippen molar-refractivity contribution >= 4 is 0 Å².